The molecule has 5 nitrogen and oxygen atoms in total. The van der Waals surface area contributed by atoms with E-state index in [-0.39, 0.29) is 24.1 Å². The minimum atomic E-state index is -0.411. The summed E-state index contributed by atoms with van der Waals surface area (Å²) in [5.41, 5.74) is 1.64. The summed E-state index contributed by atoms with van der Waals surface area (Å²) in [4.78, 5) is 26.0. The fourth-order valence-electron chi connectivity index (χ4n) is 2.95. The Bertz CT molecular complexity index is 792. The van der Waals surface area contributed by atoms with E-state index in [0.717, 1.165) is 11.3 Å². The zero-order valence-electron chi connectivity index (χ0n) is 14.6. The van der Waals surface area contributed by atoms with Gasteiger partial charge in [0.1, 0.15) is 18.2 Å². The van der Waals surface area contributed by atoms with E-state index in [4.69, 9.17) is 4.74 Å². The number of nitrogens with one attached hydrogen (secondary N) is 1. The third-order valence-corrected chi connectivity index (χ3v) is 4.39. The highest BCUT2D eigenvalue weighted by Crippen LogP contribution is 2.25. The van der Waals surface area contributed by atoms with Crippen LogP contribution < -0.4 is 15.0 Å². The Morgan fingerprint density at radius 2 is 1.96 bits per heavy atom. The Morgan fingerprint density at radius 3 is 2.69 bits per heavy atom. The molecule has 0 unspecified atom stereocenters. The van der Waals surface area contributed by atoms with Gasteiger partial charge in [0.15, 0.2) is 0 Å². The lowest BCUT2D eigenvalue weighted by molar-refractivity contribution is -0.126. The second kappa shape index (κ2) is 7.99. The number of rotatable bonds is 6. The van der Waals surface area contributed by atoms with E-state index in [9.17, 15) is 14.0 Å². The normalized spacial score (nSPS) is 16.6. The van der Waals surface area contributed by atoms with E-state index in [0.29, 0.717) is 25.4 Å². The first-order valence-electron chi connectivity index (χ1n) is 8.56. The maximum atomic E-state index is 13.0. The minimum Gasteiger partial charge on any atom is -0.491 e. The number of hydrogen-bond donors (Lipinski definition) is 1. The fraction of sp³-hybridized carbons (Fsp3) is 0.300. The van der Waals surface area contributed by atoms with Crippen LogP contribution in [0, 0.1) is 18.7 Å². The highest BCUT2D eigenvalue weighted by molar-refractivity contribution is 6.00. The monoisotopic (exact) mass is 356 g/mol. The van der Waals surface area contributed by atoms with Gasteiger partial charge in [0, 0.05) is 18.7 Å². The van der Waals surface area contributed by atoms with Crippen molar-refractivity contribution in [2.24, 2.45) is 5.92 Å². The Kier molecular flexibility index (Phi) is 5.51. The quantitative estimate of drug-likeness (QED) is 0.810. The number of benzene rings is 2. The van der Waals surface area contributed by atoms with Gasteiger partial charge >= 0.3 is 0 Å². The van der Waals surface area contributed by atoms with Gasteiger partial charge in [0.05, 0.1) is 12.5 Å². The lowest BCUT2D eigenvalue weighted by Gasteiger charge is -2.16. The van der Waals surface area contributed by atoms with Crippen molar-refractivity contribution in [1.82, 2.24) is 5.32 Å². The molecular weight excluding hydrogens is 335 g/mol. The number of anilines is 1. The number of halogens is 1. The van der Waals surface area contributed by atoms with Gasteiger partial charge in [0.2, 0.25) is 11.8 Å². The SMILES string of the molecule is Cc1ccccc1OCCNC(=O)[C@@H]1CC(=O)N(c2ccc(F)cc2)C1. The van der Waals surface area contributed by atoms with Crippen LogP contribution in [-0.4, -0.2) is 31.5 Å². The number of nitrogens with zero attached hydrogens (tertiary/aromatic N) is 1. The highest BCUT2D eigenvalue weighted by Gasteiger charge is 2.34. The average molecular weight is 356 g/mol. The van der Waals surface area contributed by atoms with Crippen molar-refractivity contribution >= 4 is 17.5 Å². The number of carbonyl (C=O) groups is 2. The van der Waals surface area contributed by atoms with Crippen LogP contribution in [0.3, 0.4) is 0 Å². The predicted octanol–water partition coefficient (Wildman–Crippen LogP) is 2.68. The van der Waals surface area contributed by atoms with Gasteiger partial charge in [-0.05, 0) is 42.8 Å². The standard InChI is InChI=1S/C20H21FN2O3/c1-14-4-2-3-5-18(14)26-11-10-22-20(25)15-12-19(24)23(13-15)17-8-6-16(21)7-9-17/h2-9,15H,10-13H2,1H3,(H,22,25)/t15-/m1/s1. The molecule has 0 aromatic heterocycles. The summed E-state index contributed by atoms with van der Waals surface area (Å²) in [5, 5.41) is 2.81. The smallest absolute Gasteiger partial charge is 0.227 e. The van der Waals surface area contributed by atoms with Crippen LogP contribution in [0.4, 0.5) is 10.1 Å². The highest BCUT2D eigenvalue weighted by atomic mass is 19.1. The summed E-state index contributed by atoms with van der Waals surface area (Å²) < 4.78 is 18.7. The molecule has 3 rings (SSSR count). The number of aryl methyl sites for hydroxylation is 1. The maximum Gasteiger partial charge on any atom is 0.227 e. The molecule has 1 heterocycles. The van der Waals surface area contributed by atoms with Gasteiger partial charge in [-0.25, -0.2) is 4.39 Å². The summed E-state index contributed by atoms with van der Waals surface area (Å²) in [7, 11) is 0. The molecule has 0 saturated carbocycles. The second-order valence-electron chi connectivity index (χ2n) is 6.29. The summed E-state index contributed by atoms with van der Waals surface area (Å²) in [6.07, 6.45) is 0.155. The number of para-hydroxylation sites is 1. The van der Waals surface area contributed by atoms with Crippen LogP contribution in [0.5, 0.6) is 5.75 Å². The Labute approximate surface area is 151 Å². The first-order chi connectivity index (χ1) is 12.5. The molecule has 26 heavy (non-hydrogen) atoms. The van der Waals surface area contributed by atoms with E-state index < -0.39 is 5.92 Å². The van der Waals surface area contributed by atoms with Gasteiger partial charge in [-0.1, -0.05) is 18.2 Å². The fourth-order valence-corrected chi connectivity index (χ4v) is 2.95. The van der Waals surface area contributed by atoms with Crippen LogP contribution in [0.1, 0.15) is 12.0 Å². The molecule has 1 fully saturated rings. The van der Waals surface area contributed by atoms with Crippen molar-refractivity contribution in [1.29, 1.82) is 0 Å². The summed E-state index contributed by atoms with van der Waals surface area (Å²) in [6, 6.07) is 13.4. The predicted molar refractivity (Wildman–Crippen MR) is 96.5 cm³/mol. The van der Waals surface area contributed by atoms with Crippen molar-refractivity contribution in [2.75, 3.05) is 24.6 Å². The third-order valence-electron chi connectivity index (χ3n) is 4.39. The van der Waals surface area contributed by atoms with Crippen LogP contribution in [-0.2, 0) is 9.59 Å². The van der Waals surface area contributed by atoms with E-state index in [1.165, 1.54) is 17.0 Å². The average Bonchev–Trinajstić information content (AvgIpc) is 3.02. The molecule has 1 aliphatic rings. The molecule has 136 valence electrons. The van der Waals surface area contributed by atoms with E-state index in [1.807, 2.05) is 31.2 Å². The Hall–Kier alpha value is -2.89. The first-order valence-corrected chi connectivity index (χ1v) is 8.56. The third kappa shape index (κ3) is 4.20. The molecule has 2 amide bonds. The summed E-state index contributed by atoms with van der Waals surface area (Å²) in [6.45, 7) is 2.99. The van der Waals surface area contributed by atoms with Gasteiger partial charge in [-0.2, -0.15) is 0 Å². The first kappa shape index (κ1) is 17.9. The minimum absolute atomic E-state index is 0.132. The second-order valence-corrected chi connectivity index (χ2v) is 6.29. The number of hydrogen-bond acceptors (Lipinski definition) is 3. The van der Waals surface area contributed by atoms with Gasteiger partial charge < -0.3 is 15.0 Å². The van der Waals surface area contributed by atoms with Crippen molar-refractivity contribution in [2.45, 2.75) is 13.3 Å². The number of carbonyl (C=O) groups excluding carboxylic acids is 2. The zero-order chi connectivity index (χ0) is 18.5. The molecular formula is C20H21FN2O3. The molecule has 2 aromatic carbocycles. The molecule has 1 aliphatic heterocycles. The molecule has 0 bridgehead atoms. The number of ether oxygens (including phenoxy) is 1. The molecule has 1 saturated heterocycles. The van der Waals surface area contributed by atoms with Crippen LogP contribution in [0.15, 0.2) is 48.5 Å². The molecule has 0 spiro atoms. The van der Waals surface area contributed by atoms with E-state index >= 15 is 0 Å². The summed E-state index contributed by atoms with van der Waals surface area (Å²) in [5.74, 6) is -0.279. The molecule has 6 heteroatoms. The van der Waals surface area contributed by atoms with E-state index in [2.05, 4.69) is 5.32 Å². The topological polar surface area (TPSA) is 58.6 Å². The number of amides is 2. The van der Waals surface area contributed by atoms with Crippen molar-refractivity contribution in [3.8, 4) is 5.75 Å². The van der Waals surface area contributed by atoms with Crippen LogP contribution in [0.2, 0.25) is 0 Å². The van der Waals surface area contributed by atoms with Crippen molar-refractivity contribution in [3.63, 3.8) is 0 Å². The molecule has 1 atom stereocenters. The largest absolute Gasteiger partial charge is 0.491 e. The van der Waals surface area contributed by atoms with Crippen molar-refractivity contribution in [3.05, 3.63) is 59.9 Å². The zero-order valence-corrected chi connectivity index (χ0v) is 14.6. The van der Waals surface area contributed by atoms with Crippen LogP contribution >= 0.6 is 0 Å². The molecule has 1 N–H and O–H groups in total. The van der Waals surface area contributed by atoms with Gasteiger partial charge in [-0.3, -0.25) is 9.59 Å². The Balaban J connectivity index is 1.47. The van der Waals surface area contributed by atoms with Crippen LogP contribution in [0.25, 0.3) is 0 Å². The molecule has 2 aromatic rings. The van der Waals surface area contributed by atoms with Gasteiger partial charge in [0.25, 0.3) is 0 Å². The molecule has 0 radical (unpaired) electrons. The Morgan fingerprint density at radius 1 is 1.23 bits per heavy atom. The maximum absolute atomic E-state index is 13.0. The lowest BCUT2D eigenvalue weighted by Crippen LogP contribution is -2.35. The van der Waals surface area contributed by atoms with E-state index in [1.54, 1.807) is 12.1 Å². The lowest BCUT2D eigenvalue weighted by atomic mass is 10.1. The summed E-state index contributed by atoms with van der Waals surface area (Å²) >= 11 is 0. The molecule has 0 aliphatic carbocycles. The van der Waals surface area contributed by atoms with Gasteiger partial charge in [-0.15, -0.1) is 0 Å². The van der Waals surface area contributed by atoms with Crippen molar-refractivity contribution < 1.29 is 18.7 Å².